The minimum absolute atomic E-state index is 0.151. The van der Waals surface area contributed by atoms with Crippen LogP contribution in [0.15, 0.2) is 10.7 Å². The van der Waals surface area contributed by atoms with Gasteiger partial charge in [0.05, 0.1) is 6.10 Å². The highest BCUT2D eigenvalue weighted by molar-refractivity contribution is 9.10. The standard InChI is InChI=1S/C10H14BrN3O2/c11-8-5-9(12)14-10(13-8)16-6-7-3-1-2-4-15-7/h5,7H,1-4,6H2,(H2,12,13,14). The lowest BCUT2D eigenvalue weighted by Crippen LogP contribution is -2.26. The number of ether oxygens (including phenoxy) is 2. The Balaban J connectivity index is 1.88. The normalized spacial score (nSPS) is 20.7. The molecule has 0 aliphatic carbocycles. The van der Waals surface area contributed by atoms with Crippen molar-refractivity contribution in [1.29, 1.82) is 0 Å². The smallest absolute Gasteiger partial charge is 0.319 e. The lowest BCUT2D eigenvalue weighted by atomic mass is 10.1. The van der Waals surface area contributed by atoms with E-state index < -0.39 is 0 Å². The fourth-order valence-corrected chi connectivity index (χ4v) is 1.97. The molecule has 1 aliphatic heterocycles. The quantitative estimate of drug-likeness (QED) is 0.858. The van der Waals surface area contributed by atoms with Gasteiger partial charge in [-0.2, -0.15) is 9.97 Å². The van der Waals surface area contributed by atoms with E-state index in [1.807, 2.05) is 0 Å². The van der Waals surface area contributed by atoms with Crippen molar-refractivity contribution in [3.63, 3.8) is 0 Å². The van der Waals surface area contributed by atoms with Crippen LogP contribution in [0.4, 0.5) is 5.82 Å². The second-order valence-electron chi connectivity index (χ2n) is 3.70. The van der Waals surface area contributed by atoms with E-state index in [-0.39, 0.29) is 6.10 Å². The Hall–Kier alpha value is -0.880. The number of hydrogen-bond acceptors (Lipinski definition) is 5. The number of halogens is 1. The maximum absolute atomic E-state index is 5.58. The van der Waals surface area contributed by atoms with Gasteiger partial charge < -0.3 is 15.2 Å². The molecule has 6 heteroatoms. The third-order valence-corrected chi connectivity index (χ3v) is 2.77. The molecule has 2 rings (SSSR count). The summed E-state index contributed by atoms with van der Waals surface area (Å²) in [7, 11) is 0. The summed E-state index contributed by atoms with van der Waals surface area (Å²) in [6, 6.07) is 1.92. The summed E-state index contributed by atoms with van der Waals surface area (Å²) >= 11 is 3.24. The van der Waals surface area contributed by atoms with Crippen molar-refractivity contribution in [2.24, 2.45) is 0 Å². The molecule has 1 aromatic heterocycles. The predicted molar refractivity (Wildman–Crippen MR) is 63.2 cm³/mol. The van der Waals surface area contributed by atoms with E-state index in [0.717, 1.165) is 19.4 Å². The van der Waals surface area contributed by atoms with E-state index in [9.17, 15) is 0 Å². The summed E-state index contributed by atoms with van der Waals surface area (Å²) in [6.45, 7) is 1.30. The van der Waals surface area contributed by atoms with Gasteiger partial charge in [0.1, 0.15) is 17.0 Å². The van der Waals surface area contributed by atoms with E-state index in [1.165, 1.54) is 6.42 Å². The van der Waals surface area contributed by atoms with E-state index in [2.05, 4.69) is 25.9 Å². The molecule has 1 aliphatic rings. The average Bonchev–Trinajstić information content (AvgIpc) is 2.27. The first-order valence-corrected chi connectivity index (χ1v) is 6.08. The van der Waals surface area contributed by atoms with Crippen LogP contribution in [-0.2, 0) is 4.74 Å². The predicted octanol–water partition coefficient (Wildman–Crippen LogP) is 1.77. The van der Waals surface area contributed by atoms with Gasteiger partial charge in [-0.15, -0.1) is 0 Å². The van der Waals surface area contributed by atoms with Crippen LogP contribution in [0.1, 0.15) is 19.3 Å². The first kappa shape index (κ1) is 11.6. The Labute approximate surface area is 102 Å². The first-order chi connectivity index (χ1) is 7.74. The molecule has 16 heavy (non-hydrogen) atoms. The zero-order valence-electron chi connectivity index (χ0n) is 8.86. The summed E-state index contributed by atoms with van der Waals surface area (Å²) in [5.41, 5.74) is 5.58. The summed E-state index contributed by atoms with van der Waals surface area (Å²) in [6.07, 6.45) is 3.51. The van der Waals surface area contributed by atoms with Crippen molar-refractivity contribution in [2.75, 3.05) is 18.9 Å². The Morgan fingerprint density at radius 3 is 3.06 bits per heavy atom. The Bertz CT molecular complexity index is 336. The lowest BCUT2D eigenvalue weighted by molar-refractivity contribution is -0.0129. The number of nitrogens with two attached hydrogens (primary N) is 1. The van der Waals surface area contributed by atoms with Gasteiger partial charge in [-0.05, 0) is 35.2 Å². The van der Waals surface area contributed by atoms with Crippen molar-refractivity contribution in [2.45, 2.75) is 25.4 Å². The number of nitrogens with zero attached hydrogens (tertiary/aromatic N) is 2. The Morgan fingerprint density at radius 1 is 1.50 bits per heavy atom. The van der Waals surface area contributed by atoms with Gasteiger partial charge in [0.15, 0.2) is 0 Å². The lowest BCUT2D eigenvalue weighted by Gasteiger charge is -2.22. The molecule has 2 N–H and O–H groups in total. The van der Waals surface area contributed by atoms with Crippen LogP contribution in [0.2, 0.25) is 0 Å². The molecule has 2 heterocycles. The van der Waals surface area contributed by atoms with Crippen LogP contribution in [-0.4, -0.2) is 29.3 Å². The van der Waals surface area contributed by atoms with Gasteiger partial charge in [0.25, 0.3) is 0 Å². The molecule has 0 spiro atoms. The van der Waals surface area contributed by atoms with Gasteiger partial charge >= 0.3 is 6.01 Å². The number of nitrogen functional groups attached to an aromatic ring is 1. The van der Waals surface area contributed by atoms with Crippen molar-refractivity contribution in [3.05, 3.63) is 10.7 Å². The van der Waals surface area contributed by atoms with E-state index in [4.69, 9.17) is 15.2 Å². The highest BCUT2D eigenvalue weighted by Gasteiger charge is 2.15. The van der Waals surface area contributed by atoms with Crippen molar-refractivity contribution >= 4 is 21.7 Å². The molecule has 5 nitrogen and oxygen atoms in total. The van der Waals surface area contributed by atoms with Crippen molar-refractivity contribution < 1.29 is 9.47 Å². The topological polar surface area (TPSA) is 70.3 Å². The van der Waals surface area contributed by atoms with Gasteiger partial charge in [-0.1, -0.05) is 0 Å². The molecule has 1 fully saturated rings. The molecule has 1 saturated heterocycles. The van der Waals surface area contributed by atoms with Gasteiger partial charge in [0.2, 0.25) is 0 Å². The maximum Gasteiger partial charge on any atom is 0.319 e. The Morgan fingerprint density at radius 2 is 2.38 bits per heavy atom. The molecule has 0 radical (unpaired) electrons. The van der Waals surface area contributed by atoms with Crippen LogP contribution in [0.5, 0.6) is 6.01 Å². The van der Waals surface area contributed by atoms with Crippen molar-refractivity contribution in [3.8, 4) is 6.01 Å². The van der Waals surface area contributed by atoms with Gasteiger partial charge in [0, 0.05) is 12.7 Å². The second kappa shape index (κ2) is 5.45. The third kappa shape index (κ3) is 3.31. The van der Waals surface area contributed by atoms with Crippen LogP contribution in [0, 0.1) is 0 Å². The van der Waals surface area contributed by atoms with Crippen LogP contribution in [0.3, 0.4) is 0 Å². The van der Waals surface area contributed by atoms with Gasteiger partial charge in [-0.25, -0.2) is 0 Å². The number of anilines is 1. The second-order valence-corrected chi connectivity index (χ2v) is 4.51. The number of hydrogen-bond donors (Lipinski definition) is 1. The maximum atomic E-state index is 5.58. The fourth-order valence-electron chi connectivity index (χ4n) is 1.58. The molecule has 1 unspecified atom stereocenters. The van der Waals surface area contributed by atoms with E-state index in [1.54, 1.807) is 6.07 Å². The fraction of sp³-hybridized carbons (Fsp3) is 0.600. The SMILES string of the molecule is Nc1cc(Br)nc(OCC2CCCCO2)n1. The third-order valence-electron chi connectivity index (χ3n) is 2.37. The number of rotatable bonds is 3. The first-order valence-electron chi connectivity index (χ1n) is 5.28. The minimum atomic E-state index is 0.151. The molecule has 1 aromatic rings. The molecule has 0 amide bonds. The molecule has 0 aromatic carbocycles. The zero-order valence-corrected chi connectivity index (χ0v) is 10.4. The largest absolute Gasteiger partial charge is 0.461 e. The number of aromatic nitrogens is 2. The zero-order chi connectivity index (χ0) is 11.4. The summed E-state index contributed by atoms with van der Waals surface area (Å²) in [4.78, 5) is 8.04. The minimum Gasteiger partial charge on any atom is -0.461 e. The Kier molecular flexibility index (Phi) is 3.95. The van der Waals surface area contributed by atoms with Gasteiger partial charge in [-0.3, -0.25) is 0 Å². The van der Waals surface area contributed by atoms with E-state index in [0.29, 0.717) is 23.0 Å². The monoisotopic (exact) mass is 287 g/mol. The summed E-state index contributed by atoms with van der Waals surface area (Å²) < 4.78 is 11.6. The van der Waals surface area contributed by atoms with Crippen molar-refractivity contribution in [1.82, 2.24) is 9.97 Å². The summed E-state index contributed by atoms with van der Waals surface area (Å²) in [5, 5.41) is 0. The molecule has 0 saturated carbocycles. The molecular formula is C10H14BrN3O2. The van der Waals surface area contributed by atoms with Crippen LogP contribution < -0.4 is 10.5 Å². The molecule has 88 valence electrons. The van der Waals surface area contributed by atoms with Crippen LogP contribution >= 0.6 is 15.9 Å². The highest BCUT2D eigenvalue weighted by Crippen LogP contribution is 2.16. The average molecular weight is 288 g/mol. The molecule has 1 atom stereocenters. The summed E-state index contributed by atoms with van der Waals surface area (Å²) in [5.74, 6) is 0.390. The highest BCUT2D eigenvalue weighted by atomic mass is 79.9. The molecule has 0 bridgehead atoms. The molecular weight excluding hydrogens is 274 g/mol. The van der Waals surface area contributed by atoms with Crippen LogP contribution in [0.25, 0.3) is 0 Å². The van der Waals surface area contributed by atoms with E-state index >= 15 is 0 Å².